The van der Waals surface area contributed by atoms with Crippen LogP contribution in [0.4, 0.5) is 0 Å². The van der Waals surface area contributed by atoms with Gasteiger partial charge >= 0.3 is 0 Å². The largest absolute Gasteiger partial charge is 0.310 e. The Morgan fingerprint density at radius 3 is 1.33 bits per heavy atom. The van der Waals surface area contributed by atoms with Crippen LogP contribution in [0.3, 0.4) is 0 Å². The van der Waals surface area contributed by atoms with E-state index in [9.17, 15) is 9.13 Å². The molecule has 7 heteroatoms. The summed E-state index contributed by atoms with van der Waals surface area (Å²) in [5.41, 5.74) is 5.29. The first-order chi connectivity index (χ1) is 9.95. The maximum absolute atomic E-state index is 12.6. The Morgan fingerprint density at radius 1 is 0.714 bits per heavy atom. The second kappa shape index (κ2) is 10.3. The second-order valence-corrected chi connectivity index (χ2v) is 10.4. The molecule has 0 saturated carbocycles. The molecule has 0 aliphatic carbocycles. The standard InChI is InChI=1S/C14H19N3O2P2/c1-2-9-20(18,10-3-6-15)13-14-21(19,11-4-7-16)12-5-8-17/h2-5,9-12H2,1H3. The number of hydrogen-bond acceptors (Lipinski definition) is 5. The Labute approximate surface area is 126 Å². The van der Waals surface area contributed by atoms with Crippen LogP contribution in [-0.4, -0.2) is 24.6 Å². The predicted octanol–water partition coefficient (Wildman–Crippen LogP) is 3.78. The van der Waals surface area contributed by atoms with E-state index < -0.39 is 14.3 Å². The molecule has 0 spiro atoms. The van der Waals surface area contributed by atoms with E-state index in [1.54, 1.807) is 0 Å². The summed E-state index contributed by atoms with van der Waals surface area (Å²) in [5.74, 6) is 0. The lowest BCUT2D eigenvalue weighted by molar-refractivity contribution is 0.579. The molecule has 0 heterocycles. The van der Waals surface area contributed by atoms with E-state index in [1.807, 2.05) is 25.1 Å². The molecule has 1 unspecified atom stereocenters. The molecular formula is C14H19N3O2P2. The first kappa shape index (κ1) is 19.5. The van der Waals surface area contributed by atoms with Gasteiger partial charge in [0.05, 0.1) is 18.2 Å². The van der Waals surface area contributed by atoms with E-state index in [2.05, 4.69) is 11.3 Å². The van der Waals surface area contributed by atoms with Crippen LogP contribution in [0.25, 0.3) is 0 Å². The third kappa shape index (κ3) is 8.38. The first-order valence-corrected chi connectivity index (χ1v) is 10.9. The Hall–Kier alpha value is -1.51. The summed E-state index contributed by atoms with van der Waals surface area (Å²) in [4.78, 5) is 0. The maximum atomic E-state index is 12.6. The molecule has 0 radical (unpaired) electrons. The van der Waals surface area contributed by atoms with Crippen LogP contribution >= 0.6 is 14.3 Å². The van der Waals surface area contributed by atoms with Crippen molar-refractivity contribution in [2.24, 2.45) is 0 Å². The molecule has 5 nitrogen and oxygen atoms in total. The number of nitrogens with zero attached hydrogens (tertiary/aromatic N) is 3. The highest BCUT2D eigenvalue weighted by Gasteiger charge is 2.22. The van der Waals surface area contributed by atoms with Crippen molar-refractivity contribution in [1.82, 2.24) is 0 Å². The minimum Gasteiger partial charge on any atom is -0.310 e. The molecular weight excluding hydrogens is 304 g/mol. The van der Waals surface area contributed by atoms with Gasteiger partial charge in [0.15, 0.2) is 14.3 Å². The van der Waals surface area contributed by atoms with Crippen molar-refractivity contribution in [3.05, 3.63) is 0 Å². The molecule has 0 bridgehead atoms. The van der Waals surface area contributed by atoms with Crippen LogP contribution in [0.2, 0.25) is 0 Å². The zero-order chi connectivity index (χ0) is 16.2. The van der Waals surface area contributed by atoms with Crippen molar-refractivity contribution < 1.29 is 9.13 Å². The van der Waals surface area contributed by atoms with Crippen LogP contribution in [-0.2, 0) is 9.13 Å². The fourth-order valence-corrected chi connectivity index (χ4v) is 6.14. The van der Waals surface area contributed by atoms with Gasteiger partial charge in [0, 0.05) is 43.9 Å². The molecule has 1 atom stereocenters. The second-order valence-electron chi connectivity index (χ2n) is 4.62. The molecule has 0 aromatic carbocycles. The minimum atomic E-state index is -2.97. The number of nitriles is 3. The van der Waals surface area contributed by atoms with Crippen LogP contribution in [0.5, 0.6) is 0 Å². The van der Waals surface area contributed by atoms with Crippen LogP contribution in [0, 0.1) is 45.3 Å². The molecule has 0 saturated heterocycles. The molecule has 0 aromatic rings. The van der Waals surface area contributed by atoms with E-state index in [0.717, 1.165) is 0 Å². The third-order valence-electron chi connectivity index (χ3n) is 2.80. The first-order valence-electron chi connectivity index (χ1n) is 6.77. The molecule has 0 fully saturated rings. The lowest BCUT2D eigenvalue weighted by atomic mass is 10.5. The Kier molecular flexibility index (Phi) is 9.51. The van der Waals surface area contributed by atoms with E-state index in [0.29, 0.717) is 12.6 Å². The van der Waals surface area contributed by atoms with Gasteiger partial charge in [0.2, 0.25) is 0 Å². The van der Waals surface area contributed by atoms with E-state index >= 15 is 0 Å². The summed E-state index contributed by atoms with van der Waals surface area (Å²) < 4.78 is 25.2. The number of rotatable bonds is 8. The fourth-order valence-electron chi connectivity index (χ4n) is 1.68. The van der Waals surface area contributed by atoms with Crippen LogP contribution in [0.1, 0.15) is 32.6 Å². The van der Waals surface area contributed by atoms with Gasteiger partial charge in [-0.3, -0.25) is 0 Å². The summed E-state index contributed by atoms with van der Waals surface area (Å²) in [7, 11) is -5.78. The summed E-state index contributed by atoms with van der Waals surface area (Å²) in [6.07, 6.45) is 1.91. The van der Waals surface area contributed by atoms with Gasteiger partial charge in [-0.15, -0.1) is 0 Å². The van der Waals surface area contributed by atoms with Gasteiger partial charge in [-0.25, -0.2) is 0 Å². The quantitative estimate of drug-likeness (QED) is 0.499. The minimum absolute atomic E-state index is 0.105. The van der Waals surface area contributed by atoms with E-state index in [4.69, 9.17) is 15.8 Å². The highest BCUT2D eigenvalue weighted by atomic mass is 31.2. The molecule has 0 aliphatic rings. The van der Waals surface area contributed by atoms with Gasteiger partial charge in [0.25, 0.3) is 0 Å². The van der Waals surface area contributed by atoms with Crippen molar-refractivity contribution in [2.45, 2.75) is 32.6 Å². The van der Waals surface area contributed by atoms with Gasteiger partial charge in [0.1, 0.15) is 0 Å². The van der Waals surface area contributed by atoms with Crippen molar-refractivity contribution >= 4 is 14.3 Å². The lowest BCUT2D eigenvalue weighted by Gasteiger charge is -2.11. The van der Waals surface area contributed by atoms with Crippen molar-refractivity contribution in [3.63, 3.8) is 0 Å². The lowest BCUT2D eigenvalue weighted by Crippen LogP contribution is -1.95. The Morgan fingerprint density at radius 2 is 1.05 bits per heavy atom. The zero-order valence-corrected chi connectivity index (χ0v) is 14.0. The van der Waals surface area contributed by atoms with Gasteiger partial charge in [-0.2, -0.15) is 15.8 Å². The monoisotopic (exact) mass is 323 g/mol. The highest BCUT2D eigenvalue weighted by Crippen LogP contribution is 2.50. The molecule has 0 aromatic heterocycles. The van der Waals surface area contributed by atoms with E-state index in [-0.39, 0.29) is 37.7 Å². The number of hydrogen-bond donors (Lipinski definition) is 0. The summed E-state index contributed by atoms with van der Waals surface area (Å²) in [6.45, 7) is 1.88. The van der Waals surface area contributed by atoms with Crippen molar-refractivity contribution in [3.8, 4) is 29.5 Å². The Bertz CT molecular complexity index is 589. The molecule has 21 heavy (non-hydrogen) atoms. The van der Waals surface area contributed by atoms with Crippen molar-refractivity contribution in [1.29, 1.82) is 15.8 Å². The van der Waals surface area contributed by atoms with Gasteiger partial charge < -0.3 is 9.13 Å². The average Bonchev–Trinajstić information content (AvgIpc) is 2.48. The normalized spacial score (nSPS) is 12.9. The van der Waals surface area contributed by atoms with Gasteiger partial charge in [-0.1, -0.05) is 6.92 Å². The molecule has 112 valence electrons. The summed E-state index contributed by atoms with van der Waals surface area (Å²) in [6, 6.07) is 5.80. The molecule has 0 aliphatic heterocycles. The van der Waals surface area contributed by atoms with Gasteiger partial charge in [-0.05, 0) is 17.7 Å². The van der Waals surface area contributed by atoms with E-state index in [1.165, 1.54) is 0 Å². The van der Waals surface area contributed by atoms with Crippen molar-refractivity contribution in [2.75, 3.05) is 24.6 Å². The average molecular weight is 323 g/mol. The van der Waals surface area contributed by atoms with Crippen LogP contribution in [0.15, 0.2) is 0 Å². The Balaban J connectivity index is 5.25. The summed E-state index contributed by atoms with van der Waals surface area (Å²) >= 11 is 0. The topological polar surface area (TPSA) is 106 Å². The maximum Gasteiger partial charge on any atom is 0.157 e. The fraction of sp³-hybridized carbons (Fsp3) is 0.643. The third-order valence-corrected chi connectivity index (χ3v) is 8.02. The zero-order valence-electron chi connectivity index (χ0n) is 12.2. The SMILES string of the molecule is CCCP(=O)(C#CP(=O)(CCC#N)CCC#N)CCC#N. The molecule has 0 N–H and O–H groups in total. The highest BCUT2D eigenvalue weighted by molar-refractivity contribution is 7.72. The summed E-state index contributed by atoms with van der Waals surface area (Å²) in [5, 5.41) is 25.8. The smallest absolute Gasteiger partial charge is 0.157 e. The predicted molar refractivity (Wildman–Crippen MR) is 83.4 cm³/mol. The molecule has 0 amide bonds. The van der Waals surface area contributed by atoms with Crippen LogP contribution < -0.4 is 0 Å². The molecule has 0 rings (SSSR count).